The highest BCUT2D eigenvalue weighted by Gasteiger charge is 2.18. The zero-order valence-electron chi connectivity index (χ0n) is 17.5. The van der Waals surface area contributed by atoms with Gasteiger partial charge in [-0.15, -0.1) is 16.8 Å². The number of aryl methyl sites for hydroxylation is 1. The van der Waals surface area contributed by atoms with Crippen LogP contribution in [-0.4, -0.2) is 33.0 Å². The van der Waals surface area contributed by atoms with Crippen molar-refractivity contribution >= 4 is 23.4 Å². The van der Waals surface area contributed by atoms with Crippen LogP contribution in [0, 0.1) is 13.8 Å². The van der Waals surface area contributed by atoms with Crippen LogP contribution < -0.4 is 10.1 Å². The lowest BCUT2D eigenvalue weighted by Crippen LogP contribution is -2.15. The maximum atomic E-state index is 12.5. The number of rotatable bonds is 9. The van der Waals surface area contributed by atoms with Crippen LogP contribution in [0.4, 0.5) is 5.69 Å². The van der Waals surface area contributed by atoms with Crippen molar-refractivity contribution in [3.8, 4) is 17.1 Å². The van der Waals surface area contributed by atoms with Gasteiger partial charge in [-0.1, -0.05) is 42.1 Å². The molecule has 3 rings (SSSR count). The van der Waals surface area contributed by atoms with Crippen molar-refractivity contribution < 1.29 is 9.53 Å². The molecule has 0 unspecified atom stereocenters. The number of benzene rings is 2. The lowest BCUT2D eigenvalue weighted by atomic mass is 10.1. The molecule has 0 aliphatic carbocycles. The zero-order chi connectivity index (χ0) is 21.5. The molecular weight excluding hydrogens is 396 g/mol. The third-order valence-electron chi connectivity index (χ3n) is 4.67. The lowest BCUT2D eigenvalue weighted by molar-refractivity contribution is -0.113. The number of thioether (sulfide) groups is 1. The molecule has 1 aromatic heterocycles. The van der Waals surface area contributed by atoms with Gasteiger partial charge in [0.05, 0.1) is 17.9 Å². The van der Waals surface area contributed by atoms with Gasteiger partial charge in [0, 0.05) is 12.2 Å². The van der Waals surface area contributed by atoms with Crippen LogP contribution in [0.2, 0.25) is 0 Å². The van der Waals surface area contributed by atoms with E-state index in [1.165, 1.54) is 11.8 Å². The second kappa shape index (κ2) is 10.1. The largest absolute Gasteiger partial charge is 0.493 e. The standard InChI is InChI=1S/C23H26N4O2S/c1-5-14-27-22(18-11-7-8-13-20(18)29-6-2)25-26-23(27)30-15-21(28)24-19-12-9-10-16(3)17(19)4/h5,7-13H,1,6,14-15H2,2-4H3,(H,24,28). The Morgan fingerprint density at radius 1 is 1.20 bits per heavy atom. The first-order valence-electron chi connectivity index (χ1n) is 9.80. The molecule has 0 radical (unpaired) electrons. The van der Waals surface area contributed by atoms with Crippen LogP contribution in [0.5, 0.6) is 5.75 Å². The summed E-state index contributed by atoms with van der Waals surface area (Å²) in [5.74, 6) is 1.59. The fourth-order valence-corrected chi connectivity index (χ4v) is 3.77. The second-order valence-corrected chi connectivity index (χ2v) is 7.66. The van der Waals surface area contributed by atoms with E-state index in [2.05, 4.69) is 22.1 Å². The van der Waals surface area contributed by atoms with Crippen molar-refractivity contribution in [1.82, 2.24) is 14.8 Å². The predicted molar refractivity (Wildman–Crippen MR) is 122 cm³/mol. The van der Waals surface area contributed by atoms with E-state index < -0.39 is 0 Å². The molecule has 0 spiro atoms. The minimum Gasteiger partial charge on any atom is -0.493 e. The predicted octanol–water partition coefficient (Wildman–Crippen LogP) is 4.88. The molecule has 0 aliphatic rings. The second-order valence-electron chi connectivity index (χ2n) is 6.72. The SMILES string of the molecule is C=CCn1c(SCC(=O)Nc2cccc(C)c2C)nnc1-c1ccccc1OCC. The number of hydrogen-bond donors (Lipinski definition) is 1. The Morgan fingerprint density at radius 3 is 2.77 bits per heavy atom. The van der Waals surface area contributed by atoms with Gasteiger partial charge in [0.1, 0.15) is 5.75 Å². The summed E-state index contributed by atoms with van der Waals surface area (Å²) in [6, 6.07) is 13.6. The third-order valence-corrected chi connectivity index (χ3v) is 5.63. The van der Waals surface area contributed by atoms with E-state index in [0.717, 1.165) is 28.1 Å². The molecule has 0 fully saturated rings. The highest BCUT2D eigenvalue weighted by Crippen LogP contribution is 2.31. The maximum Gasteiger partial charge on any atom is 0.234 e. The number of anilines is 1. The van der Waals surface area contributed by atoms with E-state index in [-0.39, 0.29) is 11.7 Å². The van der Waals surface area contributed by atoms with Gasteiger partial charge < -0.3 is 10.1 Å². The van der Waals surface area contributed by atoms with Gasteiger partial charge in [0.25, 0.3) is 0 Å². The fourth-order valence-electron chi connectivity index (χ4n) is 3.02. The Labute approximate surface area is 181 Å². The van der Waals surface area contributed by atoms with Crippen LogP contribution in [-0.2, 0) is 11.3 Å². The van der Waals surface area contributed by atoms with Crippen LogP contribution in [0.3, 0.4) is 0 Å². The minimum absolute atomic E-state index is 0.0851. The average Bonchev–Trinajstić information content (AvgIpc) is 3.13. The van der Waals surface area contributed by atoms with Crippen LogP contribution in [0.25, 0.3) is 11.4 Å². The summed E-state index contributed by atoms with van der Waals surface area (Å²) in [5, 5.41) is 12.3. The summed E-state index contributed by atoms with van der Waals surface area (Å²) >= 11 is 1.35. The Bertz CT molecular complexity index is 1050. The first-order chi connectivity index (χ1) is 14.5. The number of nitrogens with one attached hydrogen (secondary N) is 1. The van der Waals surface area contributed by atoms with Crippen molar-refractivity contribution in [3.05, 3.63) is 66.2 Å². The van der Waals surface area contributed by atoms with Crippen molar-refractivity contribution in [2.24, 2.45) is 0 Å². The number of carbonyl (C=O) groups is 1. The van der Waals surface area contributed by atoms with Gasteiger partial charge in [0.15, 0.2) is 11.0 Å². The third kappa shape index (κ3) is 4.91. The number of allylic oxidation sites excluding steroid dienone is 1. The summed E-state index contributed by atoms with van der Waals surface area (Å²) < 4.78 is 7.69. The number of para-hydroxylation sites is 1. The monoisotopic (exact) mass is 422 g/mol. The summed E-state index contributed by atoms with van der Waals surface area (Å²) in [7, 11) is 0. The molecule has 1 heterocycles. The molecule has 30 heavy (non-hydrogen) atoms. The van der Waals surface area contributed by atoms with Crippen molar-refractivity contribution in [2.45, 2.75) is 32.5 Å². The molecule has 0 saturated carbocycles. The van der Waals surface area contributed by atoms with E-state index in [4.69, 9.17) is 4.74 Å². The van der Waals surface area contributed by atoms with E-state index in [0.29, 0.717) is 24.1 Å². The van der Waals surface area contributed by atoms with Gasteiger partial charge in [-0.05, 0) is 50.1 Å². The van der Waals surface area contributed by atoms with E-state index in [1.54, 1.807) is 6.08 Å². The molecule has 0 saturated heterocycles. The summed E-state index contributed by atoms with van der Waals surface area (Å²) in [6.45, 7) is 10.9. The van der Waals surface area contributed by atoms with E-state index in [1.807, 2.05) is 67.8 Å². The van der Waals surface area contributed by atoms with E-state index in [9.17, 15) is 4.79 Å². The fraction of sp³-hybridized carbons (Fsp3) is 0.261. The highest BCUT2D eigenvalue weighted by molar-refractivity contribution is 7.99. The van der Waals surface area contributed by atoms with Crippen LogP contribution >= 0.6 is 11.8 Å². The molecule has 0 atom stereocenters. The number of carbonyl (C=O) groups excluding carboxylic acids is 1. The first-order valence-corrected chi connectivity index (χ1v) is 10.8. The molecule has 6 nitrogen and oxygen atoms in total. The number of nitrogens with zero attached hydrogens (tertiary/aromatic N) is 3. The molecular formula is C23H26N4O2S. The minimum atomic E-state index is -0.0851. The molecule has 7 heteroatoms. The summed E-state index contributed by atoms with van der Waals surface area (Å²) in [5.41, 5.74) is 3.91. The normalized spacial score (nSPS) is 10.6. The van der Waals surface area contributed by atoms with Gasteiger partial charge >= 0.3 is 0 Å². The molecule has 1 N–H and O–H groups in total. The average molecular weight is 423 g/mol. The summed E-state index contributed by atoms with van der Waals surface area (Å²) in [4.78, 5) is 12.5. The quantitative estimate of drug-likeness (QED) is 0.393. The number of ether oxygens (including phenoxy) is 1. The van der Waals surface area contributed by atoms with Gasteiger partial charge in [-0.25, -0.2) is 0 Å². The number of hydrogen-bond acceptors (Lipinski definition) is 5. The van der Waals surface area contributed by atoms with Crippen LogP contribution in [0.1, 0.15) is 18.1 Å². The summed E-state index contributed by atoms with van der Waals surface area (Å²) in [6.07, 6.45) is 1.79. The van der Waals surface area contributed by atoms with Crippen molar-refractivity contribution in [2.75, 3.05) is 17.7 Å². The number of aromatic nitrogens is 3. The van der Waals surface area contributed by atoms with Gasteiger partial charge in [-0.2, -0.15) is 0 Å². The highest BCUT2D eigenvalue weighted by atomic mass is 32.2. The topological polar surface area (TPSA) is 69.0 Å². The number of amides is 1. The molecule has 0 aliphatic heterocycles. The lowest BCUT2D eigenvalue weighted by Gasteiger charge is -2.12. The molecule has 2 aromatic carbocycles. The van der Waals surface area contributed by atoms with Gasteiger partial charge in [-0.3, -0.25) is 9.36 Å². The Balaban J connectivity index is 1.78. The smallest absolute Gasteiger partial charge is 0.234 e. The molecule has 156 valence electrons. The maximum absolute atomic E-state index is 12.5. The molecule has 1 amide bonds. The zero-order valence-corrected chi connectivity index (χ0v) is 18.3. The van der Waals surface area contributed by atoms with Gasteiger partial charge in [0.2, 0.25) is 5.91 Å². The van der Waals surface area contributed by atoms with E-state index >= 15 is 0 Å². The van der Waals surface area contributed by atoms with Crippen molar-refractivity contribution in [1.29, 1.82) is 0 Å². The Hall–Kier alpha value is -3.06. The van der Waals surface area contributed by atoms with Crippen molar-refractivity contribution in [3.63, 3.8) is 0 Å². The Morgan fingerprint density at radius 2 is 2.00 bits per heavy atom. The molecule has 3 aromatic rings. The Kier molecular flexibility index (Phi) is 7.30. The first kappa shape index (κ1) is 21.6. The van der Waals surface area contributed by atoms with Crippen LogP contribution in [0.15, 0.2) is 60.3 Å². The molecule has 0 bridgehead atoms.